The van der Waals surface area contributed by atoms with Crippen LogP contribution in [-0.2, 0) is 0 Å². The Balaban J connectivity index is 2.20. The predicted molar refractivity (Wildman–Crippen MR) is 83.4 cm³/mol. The quantitative estimate of drug-likeness (QED) is 0.676. The van der Waals surface area contributed by atoms with Crippen molar-refractivity contribution in [3.05, 3.63) is 63.7 Å². The summed E-state index contributed by atoms with van der Waals surface area (Å²) in [4.78, 5) is 22.6. The lowest BCUT2D eigenvalue weighted by Gasteiger charge is -2.08. The Hall–Kier alpha value is -2.89. The van der Waals surface area contributed by atoms with Crippen molar-refractivity contribution in [1.82, 2.24) is 0 Å². The van der Waals surface area contributed by atoms with Gasteiger partial charge in [0.05, 0.1) is 11.5 Å². The van der Waals surface area contributed by atoms with Crippen molar-refractivity contribution in [3.8, 4) is 5.75 Å². The number of hydrogen-bond acceptors (Lipinski definition) is 4. The van der Waals surface area contributed by atoms with E-state index in [1.807, 2.05) is 6.92 Å². The van der Waals surface area contributed by atoms with Gasteiger partial charge in [-0.2, -0.15) is 0 Å². The summed E-state index contributed by atoms with van der Waals surface area (Å²) in [5, 5.41) is 13.6. The number of nitro benzene ring substituents is 1. The second-order valence-electron chi connectivity index (χ2n) is 4.67. The molecule has 2 aromatic carbocycles. The minimum absolute atomic E-state index is 0.0734. The van der Waals surface area contributed by atoms with Gasteiger partial charge in [-0.25, -0.2) is 0 Å². The van der Waals surface area contributed by atoms with E-state index in [2.05, 4.69) is 5.32 Å². The number of ether oxygens (including phenoxy) is 1. The van der Waals surface area contributed by atoms with Crippen LogP contribution in [0.25, 0.3) is 0 Å². The Bertz CT molecular complexity index is 713. The molecule has 0 saturated carbocycles. The molecule has 0 heterocycles. The monoisotopic (exact) mass is 300 g/mol. The lowest BCUT2D eigenvalue weighted by molar-refractivity contribution is -0.385. The van der Waals surface area contributed by atoms with E-state index in [-0.39, 0.29) is 11.3 Å². The maximum atomic E-state index is 12.2. The molecule has 6 heteroatoms. The number of benzene rings is 2. The summed E-state index contributed by atoms with van der Waals surface area (Å²) in [6.07, 6.45) is 0. The summed E-state index contributed by atoms with van der Waals surface area (Å²) in [7, 11) is 0. The number of nitrogens with zero attached hydrogens (tertiary/aromatic N) is 1. The number of amides is 1. The highest BCUT2D eigenvalue weighted by Gasteiger charge is 2.15. The van der Waals surface area contributed by atoms with Crippen LogP contribution in [-0.4, -0.2) is 17.4 Å². The molecule has 1 N–H and O–H groups in total. The number of anilines is 1. The Morgan fingerprint density at radius 1 is 1.27 bits per heavy atom. The van der Waals surface area contributed by atoms with E-state index in [0.29, 0.717) is 23.6 Å². The highest BCUT2D eigenvalue weighted by molar-refractivity contribution is 6.04. The van der Waals surface area contributed by atoms with Gasteiger partial charge >= 0.3 is 0 Å². The van der Waals surface area contributed by atoms with E-state index >= 15 is 0 Å². The second kappa shape index (κ2) is 6.71. The number of nitro groups is 1. The van der Waals surface area contributed by atoms with E-state index in [1.165, 1.54) is 6.07 Å². The van der Waals surface area contributed by atoms with Crippen LogP contribution in [0.2, 0.25) is 0 Å². The van der Waals surface area contributed by atoms with Crippen LogP contribution in [0.3, 0.4) is 0 Å². The van der Waals surface area contributed by atoms with Crippen molar-refractivity contribution >= 4 is 17.3 Å². The van der Waals surface area contributed by atoms with Crippen LogP contribution in [0.5, 0.6) is 5.75 Å². The third-order valence-corrected chi connectivity index (χ3v) is 3.07. The zero-order valence-corrected chi connectivity index (χ0v) is 12.3. The first-order valence-corrected chi connectivity index (χ1v) is 6.80. The van der Waals surface area contributed by atoms with Gasteiger partial charge in [0.15, 0.2) is 0 Å². The molecule has 6 nitrogen and oxygen atoms in total. The fourth-order valence-electron chi connectivity index (χ4n) is 1.98. The lowest BCUT2D eigenvalue weighted by atomic mass is 10.1. The van der Waals surface area contributed by atoms with E-state index in [4.69, 9.17) is 4.74 Å². The summed E-state index contributed by atoms with van der Waals surface area (Å²) < 4.78 is 5.36. The molecular formula is C16H16N2O4. The molecule has 0 aliphatic heterocycles. The molecular weight excluding hydrogens is 284 g/mol. The molecule has 114 valence electrons. The van der Waals surface area contributed by atoms with Crippen molar-refractivity contribution < 1.29 is 14.5 Å². The van der Waals surface area contributed by atoms with Gasteiger partial charge in [-0.15, -0.1) is 0 Å². The highest BCUT2D eigenvalue weighted by atomic mass is 16.6. The van der Waals surface area contributed by atoms with Crippen molar-refractivity contribution in [2.45, 2.75) is 13.8 Å². The molecule has 2 rings (SSSR count). The van der Waals surface area contributed by atoms with E-state index in [9.17, 15) is 14.9 Å². The molecule has 0 aliphatic rings. The van der Waals surface area contributed by atoms with Crippen molar-refractivity contribution in [3.63, 3.8) is 0 Å². The molecule has 0 spiro atoms. The van der Waals surface area contributed by atoms with Gasteiger partial charge < -0.3 is 10.1 Å². The number of aryl methyl sites for hydroxylation is 1. The first kappa shape index (κ1) is 15.5. The third kappa shape index (κ3) is 3.60. The predicted octanol–water partition coefficient (Wildman–Crippen LogP) is 3.55. The average molecular weight is 300 g/mol. The van der Waals surface area contributed by atoms with Crippen LogP contribution < -0.4 is 10.1 Å². The Morgan fingerprint density at radius 3 is 2.73 bits per heavy atom. The van der Waals surface area contributed by atoms with Crippen LogP contribution in [0.15, 0.2) is 42.5 Å². The molecule has 0 bridgehead atoms. The van der Waals surface area contributed by atoms with Crippen LogP contribution in [0, 0.1) is 17.0 Å². The number of carbonyl (C=O) groups is 1. The summed E-state index contributed by atoms with van der Waals surface area (Å²) in [5.74, 6) is 0.243. The van der Waals surface area contributed by atoms with E-state index in [1.54, 1.807) is 43.3 Å². The van der Waals surface area contributed by atoms with Crippen molar-refractivity contribution in [1.29, 1.82) is 0 Å². The standard InChI is InChI=1S/C16H16N2O4/c1-3-22-14-6-4-5-13(10-14)17-16(19)12-8-7-11(2)15(9-12)18(20)21/h4-10H,3H2,1-2H3,(H,17,19). The molecule has 2 aromatic rings. The SMILES string of the molecule is CCOc1cccc(NC(=O)c2ccc(C)c([N+](=O)[O-])c2)c1. The van der Waals surface area contributed by atoms with Gasteiger partial charge in [-0.3, -0.25) is 14.9 Å². The largest absolute Gasteiger partial charge is 0.494 e. The summed E-state index contributed by atoms with van der Waals surface area (Å²) in [5.41, 5.74) is 1.24. The first-order valence-electron chi connectivity index (χ1n) is 6.80. The lowest BCUT2D eigenvalue weighted by Crippen LogP contribution is -2.12. The van der Waals surface area contributed by atoms with Crippen molar-refractivity contribution in [2.75, 3.05) is 11.9 Å². The molecule has 0 unspecified atom stereocenters. The maximum absolute atomic E-state index is 12.2. The molecule has 0 atom stereocenters. The van der Waals surface area contributed by atoms with Gasteiger partial charge in [0.2, 0.25) is 0 Å². The van der Waals surface area contributed by atoms with Gasteiger partial charge in [-0.1, -0.05) is 12.1 Å². The molecule has 0 fully saturated rings. The fourth-order valence-corrected chi connectivity index (χ4v) is 1.98. The van der Waals surface area contributed by atoms with Crippen LogP contribution >= 0.6 is 0 Å². The third-order valence-electron chi connectivity index (χ3n) is 3.07. The number of nitrogens with one attached hydrogen (secondary N) is 1. The number of hydrogen-bond donors (Lipinski definition) is 1. The topological polar surface area (TPSA) is 81.5 Å². The van der Waals surface area contributed by atoms with Gasteiger partial charge in [0.1, 0.15) is 5.75 Å². The molecule has 0 saturated heterocycles. The van der Waals surface area contributed by atoms with Gasteiger partial charge in [-0.05, 0) is 32.0 Å². The second-order valence-corrected chi connectivity index (χ2v) is 4.67. The average Bonchev–Trinajstić information content (AvgIpc) is 2.48. The summed E-state index contributed by atoms with van der Waals surface area (Å²) in [6.45, 7) is 4.03. The Kier molecular flexibility index (Phi) is 4.73. The number of carbonyl (C=O) groups excluding carboxylic acids is 1. The van der Waals surface area contributed by atoms with Crippen LogP contribution in [0.1, 0.15) is 22.8 Å². The molecule has 1 amide bonds. The maximum Gasteiger partial charge on any atom is 0.273 e. The summed E-state index contributed by atoms with van der Waals surface area (Å²) >= 11 is 0. The fraction of sp³-hybridized carbons (Fsp3) is 0.188. The first-order chi connectivity index (χ1) is 10.5. The molecule has 0 aromatic heterocycles. The van der Waals surface area contributed by atoms with E-state index < -0.39 is 10.8 Å². The zero-order chi connectivity index (χ0) is 16.1. The van der Waals surface area contributed by atoms with Crippen molar-refractivity contribution in [2.24, 2.45) is 0 Å². The van der Waals surface area contributed by atoms with Crippen LogP contribution in [0.4, 0.5) is 11.4 Å². The Labute approximate surface area is 127 Å². The van der Waals surface area contributed by atoms with Gasteiger partial charge in [0, 0.05) is 28.9 Å². The summed E-state index contributed by atoms with van der Waals surface area (Å²) in [6, 6.07) is 11.4. The normalized spacial score (nSPS) is 10.1. The van der Waals surface area contributed by atoms with E-state index in [0.717, 1.165) is 0 Å². The zero-order valence-electron chi connectivity index (χ0n) is 12.3. The molecule has 0 radical (unpaired) electrons. The molecule has 22 heavy (non-hydrogen) atoms. The minimum atomic E-state index is -0.498. The minimum Gasteiger partial charge on any atom is -0.494 e. The smallest absolute Gasteiger partial charge is 0.273 e. The highest BCUT2D eigenvalue weighted by Crippen LogP contribution is 2.21. The molecule has 0 aliphatic carbocycles. The Morgan fingerprint density at radius 2 is 2.05 bits per heavy atom. The number of rotatable bonds is 5. The van der Waals surface area contributed by atoms with Gasteiger partial charge in [0.25, 0.3) is 11.6 Å².